The van der Waals surface area contributed by atoms with Crippen LogP contribution >= 0.6 is 0 Å². The Morgan fingerprint density at radius 1 is 1.00 bits per heavy atom. The summed E-state index contributed by atoms with van der Waals surface area (Å²) in [4.78, 5) is 15.4. The van der Waals surface area contributed by atoms with Crippen molar-refractivity contribution in [2.45, 2.75) is 82.6 Å². The summed E-state index contributed by atoms with van der Waals surface area (Å²) in [6.45, 7) is 5.30. The lowest BCUT2D eigenvalue weighted by molar-refractivity contribution is 0.116. The summed E-state index contributed by atoms with van der Waals surface area (Å²) in [5.41, 5.74) is 0.573. The number of ether oxygens (including phenoxy) is 1. The Labute approximate surface area is 179 Å². The molecule has 0 amide bonds. The largest absolute Gasteiger partial charge is 0.483 e. The molecular weight excluding hydrogens is 404 g/mol. The first-order valence-corrected chi connectivity index (χ1v) is 12.9. The van der Waals surface area contributed by atoms with Crippen LogP contribution in [0.3, 0.4) is 0 Å². The van der Waals surface area contributed by atoms with Gasteiger partial charge in [0.15, 0.2) is 0 Å². The van der Waals surface area contributed by atoms with Crippen LogP contribution in [0.1, 0.15) is 71.3 Å². The molecule has 2 aliphatic carbocycles. The molecule has 168 valence electrons. The molecule has 2 saturated carbocycles. The molecule has 0 bridgehead atoms. The van der Waals surface area contributed by atoms with E-state index in [0.29, 0.717) is 37.6 Å². The molecule has 2 heterocycles. The fraction of sp³-hybridized carbons (Fsp3) is 0.810. The maximum absolute atomic E-state index is 13.4. The Kier molecular flexibility index (Phi) is 6.39. The van der Waals surface area contributed by atoms with E-state index in [9.17, 15) is 13.2 Å². The molecule has 0 radical (unpaired) electrons. The van der Waals surface area contributed by atoms with E-state index in [1.54, 1.807) is 29.0 Å². The van der Waals surface area contributed by atoms with Crippen molar-refractivity contribution in [3.8, 4) is 5.75 Å². The van der Waals surface area contributed by atoms with Gasteiger partial charge in [0.05, 0.1) is 23.6 Å². The average Bonchev–Trinajstić information content (AvgIpc) is 2.72. The molecule has 9 heteroatoms. The first-order chi connectivity index (χ1) is 14.4. The maximum Gasteiger partial charge on any atom is 0.311 e. The van der Waals surface area contributed by atoms with Gasteiger partial charge in [0.25, 0.3) is 0 Å². The van der Waals surface area contributed by atoms with Crippen LogP contribution in [0.25, 0.3) is 0 Å². The van der Waals surface area contributed by atoms with Crippen LogP contribution in [0.5, 0.6) is 5.75 Å². The summed E-state index contributed by atoms with van der Waals surface area (Å²) < 4.78 is 34.3. The molecule has 0 N–H and O–H groups in total. The number of nitrogens with zero attached hydrogens (tertiary/aromatic N) is 4. The third kappa shape index (κ3) is 4.23. The predicted molar refractivity (Wildman–Crippen MR) is 117 cm³/mol. The van der Waals surface area contributed by atoms with E-state index >= 15 is 0 Å². The van der Waals surface area contributed by atoms with Crippen LogP contribution in [-0.2, 0) is 10.0 Å². The Balaban J connectivity index is 1.58. The molecule has 0 unspecified atom stereocenters. The van der Waals surface area contributed by atoms with Crippen LogP contribution in [0.2, 0.25) is 0 Å². The van der Waals surface area contributed by atoms with Gasteiger partial charge in [-0.1, -0.05) is 19.3 Å². The zero-order chi connectivity index (χ0) is 21.3. The fourth-order valence-electron chi connectivity index (χ4n) is 4.50. The molecule has 4 rings (SSSR count). The van der Waals surface area contributed by atoms with Crippen molar-refractivity contribution in [1.82, 2.24) is 14.1 Å². The molecule has 8 nitrogen and oxygen atoms in total. The Hall–Kier alpha value is -1.61. The summed E-state index contributed by atoms with van der Waals surface area (Å²) in [6, 6.07) is 0.150. The summed E-state index contributed by atoms with van der Waals surface area (Å²) >= 11 is 0. The number of sulfonamides is 1. The summed E-state index contributed by atoms with van der Waals surface area (Å²) in [5, 5.41) is 4.11. The van der Waals surface area contributed by atoms with Crippen LogP contribution in [0.4, 0.5) is 5.69 Å². The van der Waals surface area contributed by atoms with Gasteiger partial charge in [-0.2, -0.15) is 9.40 Å². The second kappa shape index (κ2) is 8.86. The molecule has 1 aliphatic heterocycles. The van der Waals surface area contributed by atoms with Crippen molar-refractivity contribution in [2.75, 3.05) is 31.1 Å². The average molecular weight is 439 g/mol. The van der Waals surface area contributed by atoms with Gasteiger partial charge in [0.1, 0.15) is 5.69 Å². The Bertz CT molecular complexity index is 896. The SMILES string of the molecule is CC(C)S(=O)(=O)N1CCN(c2cnn(C3CCCCC3)c(=O)c2OC2CCC2)CC1. The third-order valence-corrected chi connectivity index (χ3v) is 9.01. The summed E-state index contributed by atoms with van der Waals surface area (Å²) in [6.07, 6.45) is 10.4. The van der Waals surface area contributed by atoms with E-state index < -0.39 is 15.3 Å². The second-order valence-electron chi connectivity index (χ2n) is 9.05. The number of rotatable bonds is 6. The molecule has 1 aromatic heterocycles. The third-order valence-electron chi connectivity index (χ3n) is 6.73. The first-order valence-electron chi connectivity index (χ1n) is 11.4. The van der Waals surface area contributed by atoms with Crippen LogP contribution < -0.4 is 15.2 Å². The molecule has 1 saturated heterocycles. The molecule has 3 aliphatic rings. The van der Waals surface area contributed by atoms with E-state index in [4.69, 9.17) is 4.74 Å². The van der Waals surface area contributed by atoms with Gasteiger partial charge in [-0.25, -0.2) is 13.1 Å². The molecule has 0 aromatic carbocycles. The van der Waals surface area contributed by atoms with Gasteiger partial charge in [-0.15, -0.1) is 0 Å². The van der Waals surface area contributed by atoms with Crippen LogP contribution in [-0.4, -0.2) is 60.0 Å². The van der Waals surface area contributed by atoms with Gasteiger partial charge in [-0.3, -0.25) is 4.79 Å². The van der Waals surface area contributed by atoms with Crippen LogP contribution in [0, 0.1) is 0 Å². The fourth-order valence-corrected chi connectivity index (χ4v) is 5.77. The lowest BCUT2D eigenvalue weighted by Crippen LogP contribution is -2.51. The highest BCUT2D eigenvalue weighted by molar-refractivity contribution is 7.89. The highest BCUT2D eigenvalue weighted by atomic mass is 32.2. The molecule has 1 aromatic rings. The second-order valence-corrected chi connectivity index (χ2v) is 11.5. The zero-order valence-corrected chi connectivity index (χ0v) is 18.9. The zero-order valence-electron chi connectivity index (χ0n) is 18.1. The Morgan fingerprint density at radius 3 is 2.23 bits per heavy atom. The molecule has 3 fully saturated rings. The molecular formula is C21H34N4O4S. The number of aromatic nitrogens is 2. The van der Waals surface area contributed by atoms with E-state index in [-0.39, 0.29) is 17.7 Å². The Morgan fingerprint density at radius 2 is 1.67 bits per heavy atom. The molecule has 0 spiro atoms. The normalized spacial score (nSPS) is 22.3. The van der Waals surface area contributed by atoms with Crippen molar-refractivity contribution in [2.24, 2.45) is 0 Å². The lowest BCUT2D eigenvalue weighted by Gasteiger charge is -2.37. The smallest absolute Gasteiger partial charge is 0.311 e. The molecule has 0 atom stereocenters. The van der Waals surface area contributed by atoms with E-state index in [2.05, 4.69) is 10.00 Å². The van der Waals surface area contributed by atoms with Crippen molar-refractivity contribution >= 4 is 15.7 Å². The van der Waals surface area contributed by atoms with Gasteiger partial charge < -0.3 is 9.64 Å². The van der Waals surface area contributed by atoms with Gasteiger partial charge in [0.2, 0.25) is 15.8 Å². The van der Waals surface area contributed by atoms with Gasteiger partial charge in [0, 0.05) is 26.2 Å². The van der Waals surface area contributed by atoms with Crippen LogP contribution in [0.15, 0.2) is 11.0 Å². The monoisotopic (exact) mass is 438 g/mol. The minimum atomic E-state index is -3.26. The minimum Gasteiger partial charge on any atom is -0.483 e. The van der Waals surface area contributed by atoms with E-state index in [0.717, 1.165) is 44.9 Å². The highest BCUT2D eigenvalue weighted by Gasteiger charge is 2.32. The first kappa shape index (κ1) is 21.6. The van der Waals surface area contributed by atoms with Crippen molar-refractivity contribution in [3.05, 3.63) is 16.6 Å². The van der Waals surface area contributed by atoms with E-state index in [1.165, 1.54) is 6.42 Å². The summed E-state index contributed by atoms with van der Waals surface area (Å²) in [7, 11) is -3.26. The quantitative estimate of drug-likeness (QED) is 0.679. The van der Waals surface area contributed by atoms with Gasteiger partial charge in [-0.05, 0) is 46.0 Å². The topological polar surface area (TPSA) is 84.7 Å². The number of hydrogen-bond acceptors (Lipinski definition) is 6. The molecule has 30 heavy (non-hydrogen) atoms. The summed E-state index contributed by atoms with van der Waals surface area (Å²) in [5.74, 6) is 0.403. The van der Waals surface area contributed by atoms with Crippen molar-refractivity contribution in [1.29, 1.82) is 0 Å². The van der Waals surface area contributed by atoms with Crippen molar-refractivity contribution in [3.63, 3.8) is 0 Å². The maximum atomic E-state index is 13.4. The predicted octanol–water partition coefficient (Wildman–Crippen LogP) is 2.54. The minimum absolute atomic E-state index is 0.0984. The van der Waals surface area contributed by atoms with Crippen molar-refractivity contribution < 1.29 is 13.2 Å². The van der Waals surface area contributed by atoms with E-state index in [1.807, 2.05) is 0 Å². The number of hydrogen-bond donors (Lipinski definition) is 0. The standard InChI is InChI=1S/C21H34N4O4S/c1-16(2)30(27,28)24-13-11-23(12-14-24)19-15-22-25(17-7-4-3-5-8-17)21(26)20(19)29-18-9-6-10-18/h15-18H,3-14H2,1-2H3. The number of piperazine rings is 1. The number of anilines is 1. The lowest BCUT2D eigenvalue weighted by atomic mass is 9.95. The highest BCUT2D eigenvalue weighted by Crippen LogP contribution is 2.33. The van der Waals surface area contributed by atoms with Gasteiger partial charge >= 0.3 is 5.56 Å².